The van der Waals surface area contributed by atoms with E-state index in [4.69, 9.17) is 10.4 Å². The molecule has 17 heavy (non-hydrogen) atoms. The summed E-state index contributed by atoms with van der Waals surface area (Å²) in [5.74, 6) is -2.08. The topological polar surface area (TPSA) is 70.3 Å². The van der Waals surface area contributed by atoms with E-state index in [1.54, 1.807) is 0 Å². The second-order valence-electron chi connectivity index (χ2n) is 2.77. The van der Waals surface area contributed by atoms with Crippen LogP contribution in [0.1, 0.15) is 15.9 Å². The van der Waals surface area contributed by atoms with Crippen LogP contribution in [0.25, 0.3) is 0 Å². The normalized spacial score (nSPS) is 10.8. The lowest BCUT2D eigenvalue weighted by Crippen LogP contribution is -2.18. The first-order valence-electron chi connectivity index (χ1n) is 3.98. The van der Waals surface area contributed by atoms with E-state index in [0.29, 0.717) is 0 Å². The Kier molecular flexibility index (Phi) is 3.63. The monoisotopic (exact) mass is 309 g/mol. The Morgan fingerprint density at radius 3 is 2.47 bits per heavy atom. The zero-order valence-corrected chi connectivity index (χ0v) is 9.46. The van der Waals surface area contributed by atoms with Gasteiger partial charge >= 0.3 is 12.3 Å². The van der Waals surface area contributed by atoms with Crippen molar-refractivity contribution in [2.24, 2.45) is 0 Å². The number of benzene rings is 1. The van der Waals surface area contributed by atoms with Crippen molar-refractivity contribution in [3.05, 3.63) is 27.7 Å². The van der Waals surface area contributed by atoms with Crippen molar-refractivity contribution in [1.29, 1.82) is 5.26 Å². The van der Waals surface area contributed by atoms with Crippen molar-refractivity contribution in [1.82, 2.24) is 0 Å². The molecule has 0 spiro atoms. The molecule has 0 heterocycles. The van der Waals surface area contributed by atoms with Crippen LogP contribution in [0.15, 0.2) is 16.6 Å². The van der Waals surface area contributed by atoms with Gasteiger partial charge in [0.25, 0.3) is 0 Å². The summed E-state index contributed by atoms with van der Waals surface area (Å²) in [6.45, 7) is 0. The van der Waals surface area contributed by atoms with E-state index in [2.05, 4.69) is 20.7 Å². The summed E-state index contributed by atoms with van der Waals surface area (Å²) in [6.07, 6.45) is -4.92. The molecule has 0 aliphatic rings. The predicted molar refractivity (Wildman–Crippen MR) is 52.5 cm³/mol. The lowest BCUT2D eigenvalue weighted by Gasteiger charge is -2.11. The highest BCUT2D eigenvalue weighted by Gasteiger charge is 2.33. The average molecular weight is 310 g/mol. The number of hydrogen-bond acceptors (Lipinski definition) is 3. The summed E-state index contributed by atoms with van der Waals surface area (Å²) >= 11 is 2.70. The molecule has 1 aromatic rings. The third kappa shape index (κ3) is 3.10. The maximum absolute atomic E-state index is 12.0. The number of aromatic carboxylic acids is 1. The number of ether oxygens (including phenoxy) is 1. The summed E-state index contributed by atoms with van der Waals surface area (Å²) in [7, 11) is 0. The molecule has 1 rings (SSSR count). The van der Waals surface area contributed by atoms with Gasteiger partial charge in [0.1, 0.15) is 11.8 Å². The van der Waals surface area contributed by atoms with Gasteiger partial charge in [-0.1, -0.05) is 0 Å². The molecule has 90 valence electrons. The molecule has 0 atom stereocenters. The zero-order valence-electron chi connectivity index (χ0n) is 7.88. The Labute approximate surface area is 101 Å². The molecular formula is C9H3BrF3NO3. The van der Waals surface area contributed by atoms with Crippen LogP contribution in [0, 0.1) is 11.3 Å². The van der Waals surface area contributed by atoms with Gasteiger partial charge in [0, 0.05) is 0 Å². The van der Waals surface area contributed by atoms with Crippen LogP contribution in [0.5, 0.6) is 5.75 Å². The Morgan fingerprint density at radius 2 is 2.06 bits per heavy atom. The van der Waals surface area contributed by atoms with Gasteiger partial charge in [0.15, 0.2) is 0 Å². The van der Waals surface area contributed by atoms with Crippen molar-refractivity contribution in [2.75, 3.05) is 0 Å². The highest BCUT2D eigenvalue weighted by atomic mass is 79.9. The fraction of sp³-hybridized carbons (Fsp3) is 0.111. The van der Waals surface area contributed by atoms with Crippen LogP contribution in [0.3, 0.4) is 0 Å². The number of carboxylic acids is 1. The lowest BCUT2D eigenvalue weighted by molar-refractivity contribution is -0.274. The molecule has 0 aliphatic carbocycles. The first-order valence-corrected chi connectivity index (χ1v) is 4.77. The molecule has 0 radical (unpaired) electrons. The van der Waals surface area contributed by atoms with Gasteiger partial charge < -0.3 is 9.84 Å². The second kappa shape index (κ2) is 4.63. The molecule has 1 N–H and O–H groups in total. The average Bonchev–Trinajstić information content (AvgIpc) is 2.18. The molecule has 0 unspecified atom stereocenters. The summed E-state index contributed by atoms with van der Waals surface area (Å²) < 4.78 is 39.2. The van der Waals surface area contributed by atoms with Gasteiger partial charge in [0.2, 0.25) is 0 Å². The van der Waals surface area contributed by atoms with Gasteiger partial charge in [-0.3, -0.25) is 0 Å². The molecule has 0 fully saturated rings. The smallest absolute Gasteiger partial charge is 0.478 e. The van der Waals surface area contributed by atoms with Gasteiger partial charge in [-0.2, -0.15) is 5.26 Å². The van der Waals surface area contributed by atoms with Crippen LogP contribution in [0.4, 0.5) is 13.2 Å². The molecule has 0 amide bonds. The fourth-order valence-electron chi connectivity index (χ4n) is 1.05. The van der Waals surface area contributed by atoms with Gasteiger partial charge in [0.05, 0.1) is 15.6 Å². The molecule has 0 saturated heterocycles. The summed E-state index contributed by atoms with van der Waals surface area (Å²) in [4.78, 5) is 10.7. The third-order valence-electron chi connectivity index (χ3n) is 1.67. The largest absolute Gasteiger partial charge is 0.573 e. The maximum atomic E-state index is 12.0. The van der Waals surface area contributed by atoms with E-state index in [1.165, 1.54) is 6.07 Å². The third-order valence-corrected chi connectivity index (χ3v) is 2.46. The van der Waals surface area contributed by atoms with E-state index >= 15 is 0 Å². The summed E-state index contributed by atoms with van der Waals surface area (Å²) in [5.41, 5.74) is -0.840. The van der Waals surface area contributed by atoms with E-state index in [0.717, 1.165) is 12.1 Å². The van der Waals surface area contributed by atoms with E-state index < -0.39 is 29.2 Å². The number of nitriles is 1. The van der Waals surface area contributed by atoms with Gasteiger partial charge in [-0.05, 0) is 28.1 Å². The number of halogens is 4. The van der Waals surface area contributed by atoms with Gasteiger partial charge in [-0.15, -0.1) is 13.2 Å². The predicted octanol–water partition coefficient (Wildman–Crippen LogP) is 2.92. The molecule has 0 aliphatic heterocycles. The van der Waals surface area contributed by atoms with Crippen molar-refractivity contribution in [3.8, 4) is 11.8 Å². The van der Waals surface area contributed by atoms with Crippen LogP contribution in [-0.2, 0) is 0 Å². The summed E-state index contributed by atoms with van der Waals surface area (Å²) in [6, 6.07) is 3.19. The Balaban J connectivity index is 3.32. The van der Waals surface area contributed by atoms with E-state index in [9.17, 15) is 18.0 Å². The number of carboxylic acid groups (broad SMARTS) is 1. The second-order valence-corrected chi connectivity index (χ2v) is 3.56. The molecule has 1 aromatic carbocycles. The van der Waals surface area contributed by atoms with Crippen LogP contribution >= 0.6 is 15.9 Å². The Bertz CT molecular complexity index is 507. The highest BCUT2D eigenvalue weighted by Crippen LogP contribution is 2.34. The fourth-order valence-corrected chi connectivity index (χ4v) is 1.56. The SMILES string of the molecule is N#Cc1c(C(=O)O)ccc(OC(F)(F)F)c1Br. The number of nitrogens with zero attached hydrogens (tertiary/aromatic N) is 1. The maximum Gasteiger partial charge on any atom is 0.573 e. The van der Waals surface area contributed by atoms with Crippen molar-refractivity contribution in [3.63, 3.8) is 0 Å². The number of hydrogen-bond donors (Lipinski definition) is 1. The highest BCUT2D eigenvalue weighted by molar-refractivity contribution is 9.10. The van der Waals surface area contributed by atoms with Crippen molar-refractivity contribution in [2.45, 2.75) is 6.36 Å². The molecule has 8 heteroatoms. The molecule has 0 saturated carbocycles. The minimum absolute atomic E-state index is 0.350. The molecular weight excluding hydrogens is 307 g/mol. The molecule has 0 aromatic heterocycles. The van der Waals surface area contributed by atoms with E-state index in [1.807, 2.05) is 0 Å². The minimum atomic E-state index is -4.92. The van der Waals surface area contributed by atoms with Crippen LogP contribution in [-0.4, -0.2) is 17.4 Å². The van der Waals surface area contributed by atoms with Gasteiger partial charge in [-0.25, -0.2) is 4.79 Å². The number of alkyl halides is 3. The Hall–Kier alpha value is -1.75. The van der Waals surface area contributed by atoms with Crippen LogP contribution < -0.4 is 4.74 Å². The van der Waals surface area contributed by atoms with Crippen LogP contribution in [0.2, 0.25) is 0 Å². The minimum Gasteiger partial charge on any atom is -0.478 e. The van der Waals surface area contributed by atoms with Crippen molar-refractivity contribution >= 4 is 21.9 Å². The quantitative estimate of drug-likeness (QED) is 0.912. The first kappa shape index (κ1) is 13.3. The zero-order chi connectivity index (χ0) is 13.2. The standard InChI is InChI=1S/C9H3BrF3NO3/c10-7-5(3-14)4(8(15)16)1-2-6(7)17-9(11,12)13/h1-2H,(H,15,16). The molecule has 4 nitrogen and oxygen atoms in total. The number of rotatable bonds is 2. The lowest BCUT2D eigenvalue weighted by atomic mass is 10.1. The summed E-state index contributed by atoms with van der Waals surface area (Å²) in [5, 5.41) is 17.4. The van der Waals surface area contributed by atoms with Crippen molar-refractivity contribution < 1.29 is 27.8 Å². The Morgan fingerprint density at radius 1 is 1.47 bits per heavy atom. The van der Waals surface area contributed by atoms with E-state index in [-0.39, 0.29) is 4.47 Å². The first-order chi connectivity index (χ1) is 7.76. The number of carbonyl (C=O) groups is 1. The molecule has 0 bridgehead atoms.